The van der Waals surface area contributed by atoms with Gasteiger partial charge in [-0.2, -0.15) is 0 Å². The predicted molar refractivity (Wildman–Crippen MR) is 44.0 cm³/mol. The Labute approximate surface area is 73.5 Å². The van der Waals surface area contributed by atoms with Crippen LogP contribution in [-0.4, -0.2) is 12.5 Å². The Balaban J connectivity index is 2.83. The van der Waals surface area contributed by atoms with Crippen LogP contribution in [0.2, 0.25) is 0 Å². The molecule has 0 fully saturated rings. The van der Waals surface area contributed by atoms with Gasteiger partial charge in [0.15, 0.2) is 0 Å². The number of carbonyl (C=O) groups is 1. The summed E-state index contributed by atoms with van der Waals surface area (Å²) >= 11 is 0. The van der Waals surface area contributed by atoms with Crippen LogP contribution in [0.1, 0.15) is 0 Å². The first-order chi connectivity index (χ1) is 6.11. The predicted octanol–water partition coefficient (Wildman–Crippen LogP) is 0.862. The maximum Gasteiger partial charge on any atom is 0.238 e. The Morgan fingerprint density at radius 1 is 1.31 bits per heavy atom. The minimum Gasteiger partial charge on any atom is -0.325 e. The van der Waals surface area contributed by atoms with E-state index in [0.29, 0.717) is 0 Å². The van der Waals surface area contributed by atoms with Crippen LogP contribution in [0.25, 0.3) is 0 Å². The quantitative estimate of drug-likeness (QED) is 0.719. The highest BCUT2D eigenvalue weighted by Gasteiger charge is 2.02. The van der Waals surface area contributed by atoms with Gasteiger partial charge in [0.25, 0.3) is 0 Å². The van der Waals surface area contributed by atoms with E-state index in [1.165, 1.54) is 0 Å². The fraction of sp³-hybridized carbons (Fsp3) is 0.125. The molecule has 1 amide bonds. The lowest BCUT2D eigenvalue weighted by molar-refractivity contribution is -0.114. The summed E-state index contributed by atoms with van der Waals surface area (Å²) in [6.07, 6.45) is 0. The summed E-state index contributed by atoms with van der Waals surface area (Å²) in [7, 11) is 0. The lowest BCUT2D eigenvalue weighted by Gasteiger charge is -2.02. The molecule has 0 aromatic heterocycles. The van der Waals surface area contributed by atoms with Crippen molar-refractivity contribution < 1.29 is 13.6 Å². The van der Waals surface area contributed by atoms with E-state index >= 15 is 0 Å². The summed E-state index contributed by atoms with van der Waals surface area (Å²) < 4.78 is 25.1. The third kappa shape index (κ3) is 2.79. The normalized spacial score (nSPS) is 9.77. The molecule has 3 N–H and O–H groups in total. The molecule has 1 aromatic rings. The summed E-state index contributed by atoms with van der Waals surface area (Å²) in [5, 5.41) is 2.23. The molecule has 0 aliphatic rings. The second kappa shape index (κ2) is 3.95. The highest BCUT2D eigenvalue weighted by Crippen LogP contribution is 2.12. The molecule has 0 spiro atoms. The van der Waals surface area contributed by atoms with Crippen molar-refractivity contribution in [3.05, 3.63) is 29.8 Å². The SMILES string of the molecule is NCC(=O)Nc1cc(F)cc(F)c1. The van der Waals surface area contributed by atoms with E-state index in [-0.39, 0.29) is 12.2 Å². The summed E-state index contributed by atoms with van der Waals surface area (Å²) in [4.78, 5) is 10.7. The van der Waals surface area contributed by atoms with E-state index in [1.54, 1.807) is 0 Å². The van der Waals surface area contributed by atoms with Crippen molar-refractivity contribution in [2.75, 3.05) is 11.9 Å². The Bertz CT molecular complexity index is 308. The standard InChI is InChI=1S/C8H8F2N2O/c9-5-1-6(10)3-7(2-5)12-8(13)4-11/h1-3H,4,11H2,(H,12,13). The lowest BCUT2D eigenvalue weighted by Crippen LogP contribution is -2.21. The van der Waals surface area contributed by atoms with Gasteiger partial charge in [-0.15, -0.1) is 0 Å². The molecule has 0 aliphatic carbocycles. The van der Waals surface area contributed by atoms with Gasteiger partial charge in [-0.25, -0.2) is 8.78 Å². The van der Waals surface area contributed by atoms with Gasteiger partial charge in [-0.3, -0.25) is 4.79 Å². The molecule has 13 heavy (non-hydrogen) atoms. The number of halogens is 2. The summed E-state index contributed by atoms with van der Waals surface area (Å²) in [6.45, 7) is -0.224. The molecule has 0 atom stereocenters. The zero-order chi connectivity index (χ0) is 9.84. The first-order valence-electron chi connectivity index (χ1n) is 3.58. The van der Waals surface area contributed by atoms with Gasteiger partial charge in [0.05, 0.1) is 6.54 Å². The highest BCUT2D eigenvalue weighted by molar-refractivity contribution is 5.92. The van der Waals surface area contributed by atoms with E-state index in [2.05, 4.69) is 5.32 Å². The molecule has 0 saturated heterocycles. The zero-order valence-electron chi connectivity index (χ0n) is 6.68. The first-order valence-corrected chi connectivity index (χ1v) is 3.58. The zero-order valence-corrected chi connectivity index (χ0v) is 6.68. The largest absolute Gasteiger partial charge is 0.325 e. The average molecular weight is 186 g/mol. The van der Waals surface area contributed by atoms with Gasteiger partial charge in [-0.05, 0) is 12.1 Å². The molecule has 0 radical (unpaired) electrons. The van der Waals surface area contributed by atoms with Crippen LogP contribution in [-0.2, 0) is 4.79 Å². The molecular weight excluding hydrogens is 178 g/mol. The third-order valence-electron chi connectivity index (χ3n) is 1.33. The number of rotatable bonds is 2. The Kier molecular flexibility index (Phi) is 2.92. The van der Waals surface area contributed by atoms with Gasteiger partial charge < -0.3 is 11.1 Å². The van der Waals surface area contributed by atoms with E-state index in [1.807, 2.05) is 0 Å². The molecule has 1 rings (SSSR count). The van der Waals surface area contributed by atoms with Crippen LogP contribution >= 0.6 is 0 Å². The van der Waals surface area contributed by atoms with Gasteiger partial charge in [0.2, 0.25) is 5.91 Å². The second-order valence-electron chi connectivity index (χ2n) is 2.41. The van der Waals surface area contributed by atoms with Crippen molar-refractivity contribution in [1.29, 1.82) is 0 Å². The van der Waals surface area contributed by atoms with Gasteiger partial charge in [0, 0.05) is 11.8 Å². The van der Waals surface area contributed by atoms with Crippen molar-refractivity contribution in [1.82, 2.24) is 0 Å². The Hall–Kier alpha value is -1.49. The van der Waals surface area contributed by atoms with Crippen molar-refractivity contribution in [3.63, 3.8) is 0 Å². The molecule has 3 nitrogen and oxygen atoms in total. The fourth-order valence-electron chi connectivity index (χ4n) is 0.838. The van der Waals surface area contributed by atoms with Crippen LogP contribution in [0.15, 0.2) is 18.2 Å². The van der Waals surface area contributed by atoms with Crippen molar-refractivity contribution in [2.24, 2.45) is 5.73 Å². The number of nitrogens with two attached hydrogens (primary N) is 1. The van der Waals surface area contributed by atoms with Crippen molar-refractivity contribution in [3.8, 4) is 0 Å². The topological polar surface area (TPSA) is 55.1 Å². The third-order valence-corrected chi connectivity index (χ3v) is 1.33. The van der Waals surface area contributed by atoms with E-state index in [0.717, 1.165) is 18.2 Å². The lowest BCUT2D eigenvalue weighted by atomic mass is 10.3. The van der Waals surface area contributed by atoms with Gasteiger partial charge >= 0.3 is 0 Å². The number of hydrogen-bond donors (Lipinski definition) is 2. The molecule has 1 aromatic carbocycles. The van der Waals surface area contributed by atoms with Crippen LogP contribution in [0, 0.1) is 11.6 Å². The molecule has 0 aliphatic heterocycles. The summed E-state index contributed by atoms with van der Waals surface area (Å²) in [5.41, 5.74) is 5.06. The van der Waals surface area contributed by atoms with Crippen LogP contribution < -0.4 is 11.1 Å². The van der Waals surface area contributed by atoms with Crippen molar-refractivity contribution >= 4 is 11.6 Å². The van der Waals surface area contributed by atoms with Crippen LogP contribution in [0.5, 0.6) is 0 Å². The Morgan fingerprint density at radius 3 is 2.31 bits per heavy atom. The van der Waals surface area contributed by atoms with E-state index < -0.39 is 17.5 Å². The molecule has 0 heterocycles. The van der Waals surface area contributed by atoms with Gasteiger partial charge in [0.1, 0.15) is 11.6 Å². The maximum absolute atomic E-state index is 12.6. The minimum atomic E-state index is -0.743. The van der Waals surface area contributed by atoms with E-state index in [4.69, 9.17) is 5.73 Å². The molecule has 0 saturated carbocycles. The monoisotopic (exact) mass is 186 g/mol. The molecule has 0 bridgehead atoms. The van der Waals surface area contributed by atoms with Crippen LogP contribution in [0.4, 0.5) is 14.5 Å². The average Bonchev–Trinajstić information content (AvgIpc) is 2.02. The fourth-order valence-corrected chi connectivity index (χ4v) is 0.838. The number of benzene rings is 1. The smallest absolute Gasteiger partial charge is 0.238 e. The maximum atomic E-state index is 12.6. The number of carbonyl (C=O) groups excluding carboxylic acids is 1. The molecule has 5 heteroatoms. The van der Waals surface area contributed by atoms with Crippen LogP contribution in [0.3, 0.4) is 0 Å². The Morgan fingerprint density at radius 2 is 1.85 bits per heavy atom. The highest BCUT2D eigenvalue weighted by atomic mass is 19.1. The molecular formula is C8H8F2N2O. The van der Waals surface area contributed by atoms with Crippen molar-refractivity contribution in [2.45, 2.75) is 0 Å². The number of hydrogen-bond acceptors (Lipinski definition) is 2. The van der Waals surface area contributed by atoms with E-state index in [9.17, 15) is 13.6 Å². The summed E-state index contributed by atoms with van der Waals surface area (Å²) in [5.74, 6) is -1.98. The minimum absolute atomic E-state index is 0.0629. The number of nitrogens with one attached hydrogen (secondary N) is 1. The number of anilines is 1. The second-order valence-corrected chi connectivity index (χ2v) is 2.41. The first kappa shape index (κ1) is 9.60. The molecule has 70 valence electrons. The summed E-state index contributed by atoms with van der Waals surface area (Å²) in [6, 6.07) is 2.74. The number of amides is 1. The van der Waals surface area contributed by atoms with Gasteiger partial charge in [-0.1, -0.05) is 0 Å². The molecule has 0 unspecified atom stereocenters.